The first-order chi connectivity index (χ1) is 7.70. The van der Waals surface area contributed by atoms with Gasteiger partial charge in [0.2, 0.25) is 0 Å². The number of nitrogens with zero attached hydrogens (tertiary/aromatic N) is 1. The fourth-order valence-electron chi connectivity index (χ4n) is 1.58. The predicted octanol–water partition coefficient (Wildman–Crippen LogP) is 2.63. The molecular formula is C12H14N2OS. The monoisotopic (exact) mass is 234 g/mol. The molecule has 0 radical (unpaired) electrons. The number of aromatic nitrogens is 1. The quantitative estimate of drug-likeness (QED) is 0.830. The van der Waals surface area contributed by atoms with Gasteiger partial charge in [-0.2, -0.15) is 0 Å². The van der Waals surface area contributed by atoms with Gasteiger partial charge in [0, 0.05) is 23.1 Å². The van der Waals surface area contributed by atoms with Crippen molar-refractivity contribution in [1.29, 1.82) is 0 Å². The van der Waals surface area contributed by atoms with Crippen LogP contribution < -0.4 is 10.5 Å². The van der Waals surface area contributed by atoms with E-state index in [0.29, 0.717) is 0 Å². The first kappa shape index (κ1) is 11.0. The second-order valence-corrected chi connectivity index (χ2v) is 4.55. The van der Waals surface area contributed by atoms with Gasteiger partial charge in [0.15, 0.2) is 0 Å². The summed E-state index contributed by atoms with van der Waals surface area (Å²) in [4.78, 5) is 5.51. The molecular weight excluding hydrogens is 220 g/mol. The smallest absolute Gasteiger partial charge is 0.124 e. The number of methoxy groups -OCH3 is 1. The van der Waals surface area contributed by atoms with Crippen LogP contribution in [0.4, 0.5) is 5.69 Å². The molecule has 0 bridgehead atoms. The van der Waals surface area contributed by atoms with Crippen molar-refractivity contribution in [3.63, 3.8) is 0 Å². The molecule has 1 aromatic heterocycles. The van der Waals surface area contributed by atoms with Gasteiger partial charge in [-0.1, -0.05) is 6.07 Å². The van der Waals surface area contributed by atoms with E-state index < -0.39 is 0 Å². The Morgan fingerprint density at radius 1 is 1.44 bits per heavy atom. The summed E-state index contributed by atoms with van der Waals surface area (Å²) in [5.41, 5.74) is 10.5. The molecule has 2 N–H and O–H groups in total. The van der Waals surface area contributed by atoms with Gasteiger partial charge in [0.05, 0.1) is 18.3 Å². The highest BCUT2D eigenvalue weighted by Crippen LogP contribution is 2.26. The first-order valence-corrected chi connectivity index (χ1v) is 5.90. The lowest BCUT2D eigenvalue weighted by molar-refractivity contribution is 0.411. The SMILES string of the molecule is COc1cc(N)ccc1Cc1scnc1C. The van der Waals surface area contributed by atoms with Crippen LogP contribution in [0.3, 0.4) is 0 Å². The predicted molar refractivity (Wildman–Crippen MR) is 67.1 cm³/mol. The van der Waals surface area contributed by atoms with Crippen molar-refractivity contribution >= 4 is 17.0 Å². The maximum Gasteiger partial charge on any atom is 0.124 e. The molecule has 0 unspecified atom stereocenters. The highest BCUT2D eigenvalue weighted by molar-refractivity contribution is 7.09. The van der Waals surface area contributed by atoms with Crippen LogP contribution in [0, 0.1) is 6.92 Å². The highest BCUT2D eigenvalue weighted by Gasteiger charge is 2.08. The Hall–Kier alpha value is -1.55. The van der Waals surface area contributed by atoms with E-state index in [1.165, 1.54) is 4.88 Å². The molecule has 4 heteroatoms. The second-order valence-electron chi connectivity index (χ2n) is 3.61. The van der Waals surface area contributed by atoms with Crippen LogP contribution in [0.2, 0.25) is 0 Å². The number of hydrogen-bond acceptors (Lipinski definition) is 4. The number of hydrogen-bond donors (Lipinski definition) is 1. The Balaban J connectivity index is 2.31. The molecule has 2 rings (SSSR count). The van der Waals surface area contributed by atoms with E-state index >= 15 is 0 Å². The Morgan fingerprint density at radius 2 is 2.25 bits per heavy atom. The standard InChI is InChI=1S/C12H14N2OS/c1-8-12(16-7-14-8)5-9-3-4-10(13)6-11(9)15-2/h3-4,6-7H,5,13H2,1-2H3. The first-order valence-electron chi connectivity index (χ1n) is 5.02. The maximum absolute atomic E-state index is 5.72. The van der Waals surface area contributed by atoms with Crippen LogP contribution in [0.5, 0.6) is 5.75 Å². The summed E-state index contributed by atoms with van der Waals surface area (Å²) < 4.78 is 5.32. The molecule has 0 saturated carbocycles. The van der Waals surface area contributed by atoms with Gasteiger partial charge in [-0.15, -0.1) is 11.3 Å². The number of nitrogen functional groups attached to an aromatic ring is 1. The summed E-state index contributed by atoms with van der Waals surface area (Å²) in [6, 6.07) is 5.76. The minimum Gasteiger partial charge on any atom is -0.496 e. The molecule has 1 aromatic carbocycles. The van der Waals surface area contributed by atoms with Gasteiger partial charge in [-0.05, 0) is 18.6 Å². The number of aryl methyl sites for hydroxylation is 1. The van der Waals surface area contributed by atoms with Gasteiger partial charge in [-0.25, -0.2) is 4.98 Å². The molecule has 0 aliphatic carbocycles. The third kappa shape index (κ3) is 2.17. The third-order valence-corrected chi connectivity index (χ3v) is 3.44. The van der Waals surface area contributed by atoms with Crippen LogP contribution in [0.1, 0.15) is 16.1 Å². The summed E-state index contributed by atoms with van der Waals surface area (Å²) in [5.74, 6) is 0.841. The van der Waals surface area contributed by atoms with Crippen LogP contribution >= 0.6 is 11.3 Å². The van der Waals surface area contributed by atoms with Crippen LogP contribution in [0.25, 0.3) is 0 Å². The number of ether oxygens (including phenoxy) is 1. The van der Waals surface area contributed by atoms with E-state index in [1.807, 2.05) is 30.6 Å². The lowest BCUT2D eigenvalue weighted by atomic mass is 10.1. The fraction of sp³-hybridized carbons (Fsp3) is 0.250. The lowest BCUT2D eigenvalue weighted by Gasteiger charge is -2.08. The maximum atomic E-state index is 5.72. The zero-order valence-corrected chi connectivity index (χ0v) is 10.2. The van der Waals surface area contributed by atoms with Crippen LogP contribution in [0.15, 0.2) is 23.7 Å². The molecule has 0 spiro atoms. The van der Waals surface area contributed by atoms with Crippen molar-refractivity contribution in [2.45, 2.75) is 13.3 Å². The van der Waals surface area contributed by atoms with Crippen molar-refractivity contribution in [3.8, 4) is 5.75 Å². The molecule has 0 saturated heterocycles. The Labute approximate surface area is 98.9 Å². The van der Waals surface area contributed by atoms with E-state index in [2.05, 4.69) is 4.98 Å². The Bertz CT molecular complexity index is 494. The van der Waals surface area contributed by atoms with Gasteiger partial charge in [0.1, 0.15) is 5.75 Å². The van der Waals surface area contributed by atoms with Crippen molar-refractivity contribution in [2.75, 3.05) is 12.8 Å². The number of rotatable bonds is 3. The van der Waals surface area contributed by atoms with E-state index in [1.54, 1.807) is 18.4 Å². The average molecular weight is 234 g/mol. The van der Waals surface area contributed by atoms with Gasteiger partial charge >= 0.3 is 0 Å². The van der Waals surface area contributed by atoms with E-state index in [-0.39, 0.29) is 0 Å². The molecule has 0 aliphatic heterocycles. The Kier molecular flexibility index (Phi) is 3.10. The number of anilines is 1. The molecule has 0 aliphatic rings. The zero-order valence-electron chi connectivity index (χ0n) is 9.36. The van der Waals surface area contributed by atoms with Gasteiger partial charge in [0.25, 0.3) is 0 Å². The zero-order chi connectivity index (χ0) is 11.5. The van der Waals surface area contributed by atoms with E-state index in [0.717, 1.165) is 29.1 Å². The summed E-state index contributed by atoms with van der Waals surface area (Å²) in [7, 11) is 1.66. The van der Waals surface area contributed by atoms with Gasteiger partial charge in [-0.3, -0.25) is 0 Å². The van der Waals surface area contributed by atoms with Crippen molar-refractivity contribution in [2.24, 2.45) is 0 Å². The third-order valence-electron chi connectivity index (χ3n) is 2.51. The second kappa shape index (κ2) is 4.53. The Morgan fingerprint density at radius 3 is 2.88 bits per heavy atom. The minimum absolute atomic E-state index is 0.724. The van der Waals surface area contributed by atoms with Gasteiger partial charge < -0.3 is 10.5 Å². The molecule has 0 fully saturated rings. The summed E-state index contributed by atoms with van der Waals surface area (Å²) in [6.45, 7) is 2.02. The topological polar surface area (TPSA) is 48.1 Å². The number of benzene rings is 1. The molecule has 1 heterocycles. The minimum atomic E-state index is 0.724. The molecule has 16 heavy (non-hydrogen) atoms. The lowest BCUT2D eigenvalue weighted by Crippen LogP contribution is -1.95. The summed E-state index contributed by atoms with van der Waals surface area (Å²) >= 11 is 1.67. The highest BCUT2D eigenvalue weighted by atomic mass is 32.1. The van der Waals surface area contributed by atoms with Crippen LogP contribution in [-0.2, 0) is 6.42 Å². The van der Waals surface area contributed by atoms with Crippen LogP contribution in [-0.4, -0.2) is 12.1 Å². The molecule has 2 aromatic rings. The molecule has 0 atom stereocenters. The summed E-state index contributed by atoms with van der Waals surface area (Å²) in [5, 5.41) is 0. The molecule has 84 valence electrons. The largest absolute Gasteiger partial charge is 0.496 e. The van der Waals surface area contributed by atoms with Crippen molar-refractivity contribution in [1.82, 2.24) is 4.98 Å². The fourth-order valence-corrected chi connectivity index (χ4v) is 2.38. The normalized spacial score (nSPS) is 10.4. The number of thiazole rings is 1. The average Bonchev–Trinajstić information content (AvgIpc) is 2.67. The van der Waals surface area contributed by atoms with Crippen molar-refractivity contribution < 1.29 is 4.74 Å². The van der Waals surface area contributed by atoms with E-state index in [9.17, 15) is 0 Å². The van der Waals surface area contributed by atoms with Crippen molar-refractivity contribution in [3.05, 3.63) is 39.8 Å². The number of nitrogens with two attached hydrogens (primary N) is 1. The van der Waals surface area contributed by atoms with E-state index in [4.69, 9.17) is 10.5 Å². The molecule has 3 nitrogen and oxygen atoms in total. The summed E-state index contributed by atoms with van der Waals surface area (Å²) in [6.07, 6.45) is 0.847. The molecule has 0 amide bonds.